The Morgan fingerprint density at radius 2 is 0.531 bits per heavy atom. The molecule has 0 aliphatic carbocycles. The van der Waals surface area contributed by atoms with Crippen molar-refractivity contribution in [2.75, 3.05) is 0 Å². The van der Waals surface area contributed by atoms with Gasteiger partial charge in [0.25, 0.3) is 0 Å². The third-order valence-electron chi connectivity index (χ3n) is 3.22. The van der Waals surface area contributed by atoms with E-state index in [0.29, 0.717) is 0 Å². The first-order valence-corrected chi connectivity index (χ1v) is 12.7. The molecule has 168 valence electrons. The van der Waals surface area contributed by atoms with Crippen LogP contribution in [0.4, 0.5) is 0 Å². The topological polar surface area (TPSA) is 190 Å². The number of benzene rings is 3. The molecule has 0 fully saturated rings. The summed E-state index contributed by atoms with van der Waals surface area (Å²) in [6, 6.07) is 21.7. The van der Waals surface area contributed by atoms with Crippen molar-refractivity contribution in [2.24, 2.45) is 0 Å². The molecule has 0 heterocycles. The minimum atomic E-state index is -4.52. The minimum absolute atomic E-state index is 0. The zero-order valence-electron chi connectivity index (χ0n) is 16.0. The molecule has 0 aliphatic heterocycles. The van der Waals surface area contributed by atoms with Crippen LogP contribution in [0.2, 0.25) is 0 Å². The average molecular weight is 769 g/mol. The molecular weight excluding hydrogens is 754 g/mol. The third kappa shape index (κ3) is 14.9. The molecule has 0 amide bonds. The van der Waals surface area contributed by atoms with Crippen molar-refractivity contribution in [3.63, 3.8) is 0 Å². The Balaban J connectivity index is 0. The SMILES string of the molecule is O=P([O-])([O-])c1ccccc1.O=P([O-])([O-])c1ccccc1.O=P([O-])([O-])c1ccccc1.[Sm+3].[Sm+3]. The quantitative estimate of drug-likeness (QED) is 0.264. The van der Waals surface area contributed by atoms with E-state index in [4.69, 9.17) is 0 Å². The van der Waals surface area contributed by atoms with Crippen molar-refractivity contribution in [3.05, 3.63) is 91.0 Å². The molecule has 0 aliphatic rings. The maximum Gasteiger partial charge on any atom is 3.00 e. The van der Waals surface area contributed by atoms with Gasteiger partial charge in [-0.25, -0.2) is 0 Å². The van der Waals surface area contributed by atoms with Gasteiger partial charge in [0.2, 0.25) is 0 Å². The van der Waals surface area contributed by atoms with Gasteiger partial charge in [-0.1, -0.05) is 91.0 Å². The van der Waals surface area contributed by atoms with Crippen LogP contribution in [0.1, 0.15) is 0 Å². The minimum Gasteiger partial charge on any atom is -0.807 e. The smallest absolute Gasteiger partial charge is 0.807 e. The van der Waals surface area contributed by atoms with Crippen molar-refractivity contribution in [2.45, 2.75) is 0 Å². The van der Waals surface area contributed by atoms with Gasteiger partial charge in [0.05, 0.1) is 0 Å². The van der Waals surface area contributed by atoms with Crippen molar-refractivity contribution in [3.8, 4) is 0 Å². The fourth-order valence-electron chi connectivity index (χ4n) is 1.83. The van der Waals surface area contributed by atoms with E-state index >= 15 is 0 Å². The maximum absolute atomic E-state index is 10.3. The monoisotopic (exact) mass is 772 g/mol. The van der Waals surface area contributed by atoms with E-state index in [0.717, 1.165) is 0 Å². The molecular formula is C18H15O9P3Sm2. The Kier molecular flexibility index (Phi) is 18.0. The first kappa shape index (κ1) is 34.9. The molecule has 3 aromatic carbocycles. The predicted molar refractivity (Wildman–Crippen MR) is 101 cm³/mol. The summed E-state index contributed by atoms with van der Waals surface area (Å²) in [6.07, 6.45) is 0. The molecule has 0 saturated carbocycles. The van der Waals surface area contributed by atoms with E-state index in [1.54, 1.807) is 18.2 Å². The molecule has 3 aromatic rings. The van der Waals surface area contributed by atoms with Crippen LogP contribution >= 0.6 is 22.8 Å². The van der Waals surface area contributed by atoms with Crippen molar-refractivity contribution in [1.82, 2.24) is 0 Å². The summed E-state index contributed by atoms with van der Waals surface area (Å²) in [6.45, 7) is 0. The Morgan fingerprint density at radius 1 is 0.375 bits per heavy atom. The van der Waals surface area contributed by atoms with Gasteiger partial charge in [0.15, 0.2) is 0 Å². The number of hydrogen-bond acceptors (Lipinski definition) is 9. The molecule has 0 unspecified atom stereocenters. The van der Waals surface area contributed by atoms with E-state index in [1.807, 2.05) is 0 Å². The normalized spacial score (nSPS) is 10.7. The molecule has 32 heavy (non-hydrogen) atoms. The van der Waals surface area contributed by atoms with Gasteiger partial charge in [-0.2, -0.15) is 0 Å². The summed E-state index contributed by atoms with van der Waals surface area (Å²) in [5.74, 6) is 0. The van der Waals surface area contributed by atoms with Gasteiger partial charge in [0.1, 0.15) is 0 Å². The summed E-state index contributed by atoms with van der Waals surface area (Å²) in [7, 11) is -13.6. The zero-order chi connectivity index (χ0) is 22.8. The summed E-state index contributed by atoms with van der Waals surface area (Å²) in [5, 5.41) is -0.472. The summed E-state index contributed by atoms with van der Waals surface area (Å²) in [4.78, 5) is 61.8. The van der Waals surface area contributed by atoms with E-state index in [1.165, 1.54) is 72.8 Å². The van der Waals surface area contributed by atoms with Gasteiger partial charge in [-0.05, 0) is 38.7 Å². The maximum atomic E-state index is 10.3. The van der Waals surface area contributed by atoms with Crippen molar-refractivity contribution < 1.29 is 124 Å². The van der Waals surface area contributed by atoms with Gasteiger partial charge in [0, 0.05) is 0 Å². The molecule has 0 saturated heterocycles. The van der Waals surface area contributed by atoms with E-state index < -0.39 is 22.8 Å². The molecule has 0 bridgehead atoms. The van der Waals surface area contributed by atoms with Crippen LogP contribution in [0.5, 0.6) is 0 Å². The molecule has 0 N–H and O–H groups in total. The van der Waals surface area contributed by atoms with Crippen LogP contribution in [-0.4, -0.2) is 0 Å². The zero-order valence-corrected chi connectivity index (χ0v) is 23.9. The van der Waals surface area contributed by atoms with E-state index in [2.05, 4.69) is 0 Å². The fourth-order valence-corrected chi connectivity index (χ4v) is 3.44. The first-order chi connectivity index (χ1) is 13.8. The van der Waals surface area contributed by atoms with Crippen LogP contribution in [0.3, 0.4) is 0 Å². The second-order valence-electron chi connectivity index (χ2n) is 5.50. The molecule has 0 spiro atoms. The Bertz CT molecular complexity index is 900. The largest absolute Gasteiger partial charge is 3.00 e. The van der Waals surface area contributed by atoms with Crippen molar-refractivity contribution in [1.29, 1.82) is 0 Å². The predicted octanol–water partition coefficient (Wildman–Crippen LogP) is -2.32. The summed E-state index contributed by atoms with van der Waals surface area (Å²) in [5.41, 5.74) is 0. The van der Waals surface area contributed by atoms with E-state index in [-0.39, 0.29) is 96.7 Å². The van der Waals surface area contributed by atoms with Gasteiger partial charge < -0.3 is 43.1 Å². The molecule has 0 aromatic heterocycles. The third-order valence-corrected chi connectivity index (χ3v) is 6.01. The van der Waals surface area contributed by atoms with Gasteiger partial charge in [-0.15, -0.1) is 0 Å². The first-order valence-electron chi connectivity index (χ1n) is 8.05. The Labute approximate surface area is 250 Å². The van der Waals surface area contributed by atoms with Crippen LogP contribution < -0.4 is 45.3 Å². The van der Waals surface area contributed by atoms with Crippen LogP contribution in [0.25, 0.3) is 0 Å². The van der Waals surface area contributed by atoms with E-state index in [9.17, 15) is 43.1 Å². The second-order valence-corrected chi connectivity index (χ2v) is 10.0. The molecule has 14 heteroatoms. The summed E-state index contributed by atoms with van der Waals surface area (Å²) >= 11 is 0. The van der Waals surface area contributed by atoms with Crippen LogP contribution in [0, 0.1) is 80.8 Å². The number of rotatable bonds is 3. The average Bonchev–Trinajstić information content (AvgIpc) is 2.69. The standard InChI is InChI=1S/3C6H7O3P.2Sm/c3*7-10(8,9)6-4-2-1-3-5-6;;/h3*1-5H,(H2,7,8,9);;/q;;;2*+3/p-6. The van der Waals surface area contributed by atoms with Crippen molar-refractivity contribution >= 4 is 38.7 Å². The van der Waals surface area contributed by atoms with Crippen LogP contribution in [-0.2, 0) is 13.7 Å². The summed E-state index contributed by atoms with van der Waals surface area (Å²) < 4.78 is 30.9. The second kappa shape index (κ2) is 16.5. The molecule has 0 atom stereocenters. The molecule has 9 nitrogen and oxygen atoms in total. The van der Waals surface area contributed by atoms with Crippen LogP contribution in [0.15, 0.2) is 91.0 Å². The number of hydrogen-bond donors (Lipinski definition) is 0. The fraction of sp³-hybridized carbons (Fsp3) is 0. The molecule has 2 radical (unpaired) electrons. The van der Waals surface area contributed by atoms with Gasteiger partial charge in [-0.3, -0.25) is 0 Å². The Hall–Kier alpha value is 0.785. The Morgan fingerprint density at radius 3 is 0.625 bits per heavy atom. The molecule has 3 rings (SSSR count). The van der Waals surface area contributed by atoms with Gasteiger partial charge >= 0.3 is 80.8 Å².